The molecule has 1 aromatic rings. The molecule has 1 atom stereocenters. The van der Waals surface area contributed by atoms with Crippen LogP contribution in [0.15, 0.2) is 0 Å². The van der Waals surface area contributed by atoms with Crippen LogP contribution in [-0.2, 0) is 11.3 Å². The number of likely N-dealkylation sites (tertiary alicyclic amines) is 1. The molecule has 1 amide bonds. The summed E-state index contributed by atoms with van der Waals surface area (Å²) >= 11 is 0. The highest BCUT2D eigenvalue weighted by atomic mass is 16.3. The fourth-order valence-corrected chi connectivity index (χ4v) is 2.78. The number of nitrogen functional groups attached to an aromatic ring is 1. The molecular formula is C14H24N4O2. The van der Waals surface area contributed by atoms with E-state index in [1.165, 1.54) is 0 Å². The van der Waals surface area contributed by atoms with Crippen molar-refractivity contribution in [1.82, 2.24) is 14.7 Å². The Kier molecular flexibility index (Phi) is 4.65. The molecule has 1 unspecified atom stereocenters. The number of nitrogens with two attached hydrogens (primary N) is 1. The maximum absolute atomic E-state index is 12.5. The molecule has 3 N–H and O–H groups in total. The van der Waals surface area contributed by atoms with Crippen molar-refractivity contribution in [1.29, 1.82) is 0 Å². The van der Waals surface area contributed by atoms with E-state index < -0.39 is 0 Å². The Morgan fingerprint density at radius 1 is 1.40 bits per heavy atom. The first-order chi connectivity index (χ1) is 9.54. The maximum Gasteiger partial charge on any atom is 0.244 e. The van der Waals surface area contributed by atoms with Gasteiger partial charge in [0.25, 0.3) is 0 Å². The first-order valence-corrected chi connectivity index (χ1v) is 7.24. The molecule has 0 aromatic carbocycles. The number of carbonyl (C=O) groups excluding carboxylic acids is 1. The van der Waals surface area contributed by atoms with Gasteiger partial charge in [-0.25, -0.2) is 0 Å². The average molecular weight is 280 g/mol. The van der Waals surface area contributed by atoms with Gasteiger partial charge in [-0.05, 0) is 26.7 Å². The fraction of sp³-hybridized carbons (Fsp3) is 0.714. The molecule has 1 saturated heterocycles. The molecule has 6 heteroatoms. The van der Waals surface area contributed by atoms with Crippen LogP contribution in [0.3, 0.4) is 0 Å². The summed E-state index contributed by atoms with van der Waals surface area (Å²) in [4.78, 5) is 14.3. The van der Waals surface area contributed by atoms with Gasteiger partial charge < -0.3 is 15.7 Å². The van der Waals surface area contributed by atoms with E-state index in [4.69, 9.17) is 5.73 Å². The van der Waals surface area contributed by atoms with Crippen molar-refractivity contribution in [2.45, 2.75) is 52.1 Å². The van der Waals surface area contributed by atoms with Gasteiger partial charge in [0.15, 0.2) is 0 Å². The zero-order valence-corrected chi connectivity index (χ0v) is 12.3. The molecule has 0 radical (unpaired) electrons. The van der Waals surface area contributed by atoms with E-state index in [9.17, 15) is 9.90 Å². The SMILES string of the molecule is Cc1nn(CC(=O)N2CCCCCC2CO)c(C)c1N. The molecule has 0 saturated carbocycles. The summed E-state index contributed by atoms with van der Waals surface area (Å²) in [6.07, 6.45) is 4.07. The molecule has 2 heterocycles. The molecular weight excluding hydrogens is 256 g/mol. The van der Waals surface area contributed by atoms with Crippen LogP contribution in [0.2, 0.25) is 0 Å². The second kappa shape index (κ2) is 6.26. The summed E-state index contributed by atoms with van der Waals surface area (Å²) < 4.78 is 1.66. The highest BCUT2D eigenvalue weighted by Crippen LogP contribution is 2.19. The van der Waals surface area contributed by atoms with E-state index in [1.807, 2.05) is 13.8 Å². The van der Waals surface area contributed by atoms with E-state index in [0.717, 1.165) is 43.6 Å². The Morgan fingerprint density at radius 3 is 2.75 bits per heavy atom. The number of aromatic nitrogens is 2. The smallest absolute Gasteiger partial charge is 0.244 e. The van der Waals surface area contributed by atoms with Gasteiger partial charge in [0, 0.05) is 6.54 Å². The molecule has 6 nitrogen and oxygen atoms in total. The number of rotatable bonds is 3. The van der Waals surface area contributed by atoms with Crippen molar-refractivity contribution in [3.8, 4) is 0 Å². The Balaban J connectivity index is 2.11. The van der Waals surface area contributed by atoms with Crippen molar-refractivity contribution >= 4 is 11.6 Å². The third-order valence-corrected chi connectivity index (χ3v) is 4.13. The Labute approximate surface area is 119 Å². The Morgan fingerprint density at radius 2 is 2.15 bits per heavy atom. The van der Waals surface area contributed by atoms with Gasteiger partial charge in [0.1, 0.15) is 6.54 Å². The molecule has 1 fully saturated rings. The Hall–Kier alpha value is -1.56. The maximum atomic E-state index is 12.5. The van der Waals surface area contributed by atoms with Gasteiger partial charge >= 0.3 is 0 Å². The highest BCUT2D eigenvalue weighted by molar-refractivity contribution is 5.76. The van der Waals surface area contributed by atoms with Crippen molar-refractivity contribution in [2.24, 2.45) is 0 Å². The van der Waals surface area contributed by atoms with Crippen LogP contribution in [0, 0.1) is 13.8 Å². The van der Waals surface area contributed by atoms with E-state index in [2.05, 4.69) is 5.10 Å². The fourth-order valence-electron chi connectivity index (χ4n) is 2.78. The minimum atomic E-state index is -0.0562. The first kappa shape index (κ1) is 14.8. The molecule has 1 aliphatic rings. The molecule has 0 spiro atoms. The number of aliphatic hydroxyl groups excluding tert-OH is 1. The van der Waals surface area contributed by atoms with Crippen LogP contribution in [0.4, 0.5) is 5.69 Å². The van der Waals surface area contributed by atoms with Gasteiger partial charge in [-0.15, -0.1) is 0 Å². The second-order valence-electron chi connectivity index (χ2n) is 5.52. The number of amides is 1. The predicted molar refractivity (Wildman–Crippen MR) is 77.2 cm³/mol. The molecule has 1 aliphatic heterocycles. The molecule has 0 bridgehead atoms. The highest BCUT2D eigenvalue weighted by Gasteiger charge is 2.25. The molecule has 0 aliphatic carbocycles. The van der Waals surface area contributed by atoms with E-state index >= 15 is 0 Å². The average Bonchev–Trinajstić information content (AvgIpc) is 2.66. The van der Waals surface area contributed by atoms with Gasteiger partial charge in [0.05, 0.1) is 29.7 Å². The summed E-state index contributed by atoms with van der Waals surface area (Å²) in [6.45, 7) is 4.66. The van der Waals surface area contributed by atoms with Crippen LogP contribution in [0.5, 0.6) is 0 Å². The zero-order chi connectivity index (χ0) is 14.7. The number of nitrogens with zero attached hydrogens (tertiary/aromatic N) is 3. The lowest BCUT2D eigenvalue weighted by Gasteiger charge is -2.28. The topological polar surface area (TPSA) is 84.4 Å². The summed E-state index contributed by atoms with van der Waals surface area (Å²) in [6, 6.07) is -0.0562. The van der Waals surface area contributed by atoms with Gasteiger partial charge in [-0.1, -0.05) is 12.8 Å². The summed E-state index contributed by atoms with van der Waals surface area (Å²) in [5.41, 5.74) is 8.11. The minimum absolute atomic E-state index is 0.0107. The van der Waals surface area contributed by atoms with Crippen LogP contribution >= 0.6 is 0 Å². The Bertz CT molecular complexity index is 484. The van der Waals surface area contributed by atoms with E-state index in [1.54, 1.807) is 9.58 Å². The lowest BCUT2D eigenvalue weighted by molar-refractivity contribution is -0.135. The number of aryl methyl sites for hydroxylation is 1. The molecule has 112 valence electrons. The quantitative estimate of drug-likeness (QED) is 0.859. The van der Waals surface area contributed by atoms with Gasteiger partial charge in [-0.2, -0.15) is 5.10 Å². The lowest BCUT2D eigenvalue weighted by atomic mass is 10.1. The third-order valence-electron chi connectivity index (χ3n) is 4.13. The van der Waals surface area contributed by atoms with Crippen molar-refractivity contribution in [3.63, 3.8) is 0 Å². The number of aliphatic hydroxyl groups is 1. The van der Waals surface area contributed by atoms with Gasteiger partial charge in [-0.3, -0.25) is 9.48 Å². The van der Waals surface area contributed by atoms with Crippen LogP contribution < -0.4 is 5.73 Å². The standard InChI is InChI=1S/C14H24N4O2/c1-10-14(15)11(2)18(16-10)8-13(20)17-7-5-3-4-6-12(17)9-19/h12,19H,3-9,15H2,1-2H3. The summed E-state index contributed by atoms with van der Waals surface area (Å²) in [5.74, 6) is 0.0107. The van der Waals surface area contributed by atoms with E-state index in [0.29, 0.717) is 5.69 Å². The van der Waals surface area contributed by atoms with Crippen LogP contribution in [0.1, 0.15) is 37.1 Å². The number of carbonyl (C=O) groups is 1. The summed E-state index contributed by atoms with van der Waals surface area (Å²) in [5, 5.41) is 13.8. The number of hydrogen-bond donors (Lipinski definition) is 2. The van der Waals surface area contributed by atoms with Crippen LogP contribution in [0.25, 0.3) is 0 Å². The van der Waals surface area contributed by atoms with Crippen molar-refractivity contribution in [3.05, 3.63) is 11.4 Å². The second-order valence-corrected chi connectivity index (χ2v) is 5.52. The monoisotopic (exact) mass is 280 g/mol. The van der Waals surface area contributed by atoms with Crippen molar-refractivity contribution < 1.29 is 9.90 Å². The largest absolute Gasteiger partial charge is 0.396 e. The number of hydrogen-bond acceptors (Lipinski definition) is 4. The number of anilines is 1. The third kappa shape index (κ3) is 2.95. The first-order valence-electron chi connectivity index (χ1n) is 7.24. The van der Waals surface area contributed by atoms with Crippen LogP contribution in [-0.4, -0.2) is 44.9 Å². The summed E-state index contributed by atoms with van der Waals surface area (Å²) in [7, 11) is 0. The zero-order valence-electron chi connectivity index (χ0n) is 12.3. The normalized spacial score (nSPS) is 19.9. The lowest BCUT2D eigenvalue weighted by Crippen LogP contribution is -2.43. The van der Waals surface area contributed by atoms with Gasteiger partial charge in [0.2, 0.25) is 5.91 Å². The minimum Gasteiger partial charge on any atom is -0.396 e. The molecule has 20 heavy (non-hydrogen) atoms. The molecule has 2 rings (SSSR count). The van der Waals surface area contributed by atoms with E-state index in [-0.39, 0.29) is 25.1 Å². The predicted octanol–water partition coefficient (Wildman–Crippen LogP) is 0.846. The molecule has 1 aromatic heterocycles. The van der Waals surface area contributed by atoms with Crippen molar-refractivity contribution in [2.75, 3.05) is 18.9 Å².